The van der Waals surface area contributed by atoms with E-state index in [2.05, 4.69) is 0 Å². The third kappa shape index (κ3) is 2.47. The molecule has 0 N–H and O–H groups in total. The lowest BCUT2D eigenvalue weighted by Gasteiger charge is -2.48. The first kappa shape index (κ1) is 16.4. The van der Waals surface area contributed by atoms with Crippen molar-refractivity contribution >= 4 is 32.4 Å². The maximum absolute atomic E-state index is 11.9. The Morgan fingerprint density at radius 3 is 1.53 bits per heavy atom. The molecule has 0 atom stereocenters. The highest BCUT2D eigenvalue weighted by Gasteiger charge is 2.56. The van der Waals surface area contributed by atoms with Crippen LogP contribution < -0.4 is 0 Å². The Morgan fingerprint density at radius 2 is 1.24 bits per heavy atom. The van der Waals surface area contributed by atoms with E-state index in [1.165, 1.54) is 14.2 Å². The summed E-state index contributed by atoms with van der Waals surface area (Å²) in [7, 11) is 4.09. The van der Waals surface area contributed by atoms with Crippen molar-refractivity contribution in [1.82, 2.24) is 0 Å². The fourth-order valence-corrected chi connectivity index (χ4v) is 3.46. The van der Waals surface area contributed by atoms with Crippen molar-refractivity contribution in [3.8, 4) is 0 Å². The van der Waals surface area contributed by atoms with Crippen LogP contribution in [0.25, 0.3) is 0 Å². The molecule has 0 bridgehead atoms. The van der Waals surface area contributed by atoms with Gasteiger partial charge in [-0.25, -0.2) is 0 Å². The van der Waals surface area contributed by atoms with Gasteiger partial charge in [-0.1, -0.05) is 13.8 Å². The Bertz CT molecular complexity index is 291. The van der Waals surface area contributed by atoms with E-state index >= 15 is 0 Å². The van der Waals surface area contributed by atoms with Crippen LogP contribution in [0.5, 0.6) is 0 Å². The van der Waals surface area contributed by atoms with Crippen LogP contribution in [0.1, 0.15) is 27.7 Å². The molecular formula is C11H24O4Si2. The molecule has 0 aromatic heterocycles. The molecule has 0 rings (SSSR count). The van der Waals surface area contributed by atoms with E-state index < -0.39 is 15.5 Å². The number of hydrogen-bond donors (Lipinski definition) is 0. The van der Waals surface area contributed by atoms with Gasteiger partial charge in [0.25, 0.3) is 0 Å². The summed E-state index contributed by atoms with van der Waals surface area (Å²) in [6, 6.07) is 0. The van der Waals surface area contributed by atoms with Crippen LogP contribution in [0.4, 0.5) is 0 Å². The molecule has 6 heteroatoms. The Hall–Kier alpha value is -0.626. The second-order valence-corrected chi connectivity index (χ2v) is 11.9. The molecule has 4 nitrogen and oxygen atoms in total. The number of rotatable bonds is 4. The molecule has 0 fully saturated rings. The lowest BCUT2D eigenvalue weighted by atomic mass is 9.65. The van der Waals surface area contributed by atoms with Gasteiger partial charge in [-0.15, -0.1) is 0 Å². The highest BCUT2D eigenvalue weighted by atomic mass is 28.2. The van der Waals surface area contributed by atoms with E-state index in [4.69, 9.17) is 9.47 Å². The van der Waals surface area contributed by atoms with Crippen LogP contribution in [0.2, 0.25) is 4.66 Å². The highest BCUT2D eigenvalue weighted by molar-refractivity contribution is 6.50. The lowest BCUT2D eigenvalue weighted by Crippen LogP contribution is -2.52. The average Bonchev–Trinajstić information content (AvgIpc) is 2.25. The number of carbonyl (C=O) groups is 2. The molecule has 0 spiro atoms. The van der Waals surface area contributed by atoms with E-state index in [9.17, 15) is 9.59 Å². The molecular weight excluding hydrogens is 252 g/mol. The van der Waals surface area contributed by atoms with Gasteiger partial charge in [0.05, 0.1) is 19.6 Å². The molecule has 0 saturated carbocycles. The predicted molar refractivity (Wildman–Crippen MR) is 74.2 cm³/mol. The molecule has 0 amide bonds. The largest absolute Gasteiger partial charge is 0.469 e. The number of carbonyl (C=O) groups excluding carboxylic acids is 2. The minimum atomic E-state index is -0.723. The van der Waals surface area contributed by atoms with Crippen molar-refractivity contribution in [2.24, 2.45) is 10.8 Å². The van der Waals surface area contributed by atoms with Crippen molar-refractivity contribution in [1.29, 1.82) is 0 Å². The van der Waals surface area contributed by atoms with Gasteiger partial charge in [0.1, 0.15) is 0 Å². The number of hydrogen-bond acceptors (Lipinski definition) is 4. The molecule has 17 heavy (non-hydrogen) atoms. The average molecular weight is 276 g/mol. The van der Waals surface area contributed by atoms with Crippen molar-refractivity contribution < 1.29 is 19.1 Å². The Kier molecular flexibility index (Phi) is 4.75. The van der Waals surface area contributed by atoms with E-state index in [1.54, 1.807) is 0 Å². The zero-order chi connectivity index (χ0) is 14.1. The molecule has 0 aromatic carbocycles. The zero-order valence-corrected chi connectivity index (χ0v) is 16.1. The molecule has 0 aliphatic carbocycles. The standard InChI is InChI=1S/C11H24O4Si2/c1-9(2,7(12)14-5)10(3,4)11(16,17)8(13)15-6/h1-6,16-17H3. The van der Waals surface area contributed by atoms with Gasteiger partial charge in [-0.2, -0.15) is 0 Å². The highest BCUT2D eigenvalue weighted by Crippen LogP contribution is 2.53. The van der Waals surface area contributed by atoms with Crippen molar-refractivity contribution in [3.05, 3.63) is 0 Å². The zero-order valence-electron chi connectivity index (χ0n) is 12.1. The molecule has 0 aliphatic rings. The summed E-state index contributed by atoms with van der Waals surface area (Å²) in [5, 5.41) is 0. The normalized spacial score (nSPS) is 16.4. The van der Waals surface area contributed by atoms with Crippen LogP contribution in [-0.4, -0.2) is 46.6 Å². The lowest BCUT2D eigenvalue weighted by molar-refractivity contribution is -0.162. The van der Waals surface area contributed by atoms with Crippen LogP contribution >= 0.6 is 0 Å². The second-order valence-electron chi connectivity index (χ2n) is 5.86. The van der Waals surface area contributed by atoms with E-state index in [0.717, 1.165) is 0 Å². The van der Waals surface area contributed by atoms with Crippen molar-refractivity contribution in [2.45, 2.75) is 32.4 Å². The fraction of sp³-hybridized carbons (Fsp3) is 0.818. The monoisotopic (exact) mass is 276 g/mol. The Labute approximate surface area is 109 Å². The van der Waals surface area contributed by atoms with Gasteiger partial charge in [0, 0.05) is 25.1 Å². The molecule has 0 radical (unpaired) electrons. The second kappa shape index (κ2) is 4.93. The maximum Gasteiger partial charge on any atom is 0.311 e. The van der Waals surface area contributed by atoms with E-state index in [-0.39, 0.29) is 11.9 Å². The predicted octanol–water partition coefficient (Wildman–Crippen LogP) is -0.768. The van der Waals surface area contributed by atoms with Crippen molar-refractivity contribution in [3.63, 3.8) is 0 Å². The first-order valence-corrected chi connectivity index (χ1v) is 7.63. The minimum Gasteiger partial charge on any atom is -0.469 e. The smallest absolute Gasteiger partial charge is 0.311 e. The maximum atomic E-state index is 11.9. The minimum absolute atomic E-state index is 0.210. The van der Waals surface area contributed by atoms with Gasteiger partial charge in [-0.3, -0.25) is 9.59 Å². The molecule has 0 heterocycles. The van der Waals surface area contributed by atoms with Gasteiger partial charge in [-0.05, 0) is 19.3 Å². The van der Waals surface area contributed by atoms with Gasteiger partial charge < -0.3 is 9.47 Å². The van der Waals surface area contributed by atoms with Crippen LogP contribution in [0.15, 0.2) is 0 Å². The molecule has 0 aliphatic heterocycles. The first-order valence-electron chi connectivity index (χ1n) is 5.63. The van der Waals surface area contributed by atoms with Gasteiger partial charge >= 0.3 is 11.9 Å². The van der Waals surface area contributed by atoms with Crippen LogP contribution in [0.3, 0.4) is 0 Å². The summed E-state index contributed by atoms with van der Waals surface area (Å²) < 4.78 is 9.22. The number of methoxy groups -OCH3 is 2. The summed E-state index contributed by atoms with van der Waals surface area (Å²) in [6.45, 7) is 7.54. The summed E-state index contributed by atoms with van der Waals surface area (Å²) in [5.74, 6) is -0.500. The fourth-order valence-electron chi connectivity index (χ4n) is 1.80. The third-order valence-electron chi connectivity index (χ3n) is 4.52. The molecule has 0 unspecified atom stereocenters. The third-order valence-corrected chi connectivity index (χ3v) is 7.83. The molecule has 100 valence electrons. The molecule has 0 aromatic rings. The quantitative estimate of drug-likeness (QED) is 0.500. The number of ether oxygens (including phenoxy) is 2. The Balaban J connectivity index is 5.54. The molecule has 0 saturated heterocycles. The topological polar surface area (TPSA) is 52.6 Å². The summed E-state index contributed by atoms with van der Waals surface area (Å²) in [5.41, 5.74) is -1.21. The summed E-state index contributed by atoms with van der Waals surface area (Å²) in [6.07, 6.45) is 0. The van der Waals surface area contributed by atoms with Gasteiger partial charge in [0.2, 0.25) is 0 Å². The van der Waals surface area contributed by atoms with Crippen LogP contribution in [0, 0.1) is 10.8 Å². The summed E-state index contributed by atoms with van der Waals surface area (Å²) >= 11 is 0. The SMILES string of the molecule is COC(=O)C(C)(C)C(C)(C)C([SiH3])([SiH3])C(=O)OC. The van der Waals surface area contributed by atoms with E-state index in [1.807, 2.05) is 27.7 Å². The number of esters is 2. The van der Waals surface area contributed by atoms with Crippen molar-refractivity contribution in [2.75, 3.05) is 14.2 Å². The van der Waals surface area contributed by atoms with E-state index in [0.29, 0.717) is 20.5 Å². The van der Waals surface area contributed by atoms with Crippen LogP contribution in [-0.2, 0) is 19.1 Å². The van der Waals surface area contributed by atoms with Gasteiger partial charge in [0.15, 0.2) is 0 Å². The first-order chi connectivity index (χ1) is 7.46. The summed E-state index contributed by atoms with van der Waals surface area (Å²) in [4.78, 5) is 23.8. The Morgan fingerprint density at radius 1 is 0.882 bits per heavy atom.